The molecule has 0 radical (unpaired) electrons. The van der Waals surface area contributed by atoms with Gasteiger partial charge in [-0.1, -0.05) is 0 Å². The Morgan fingerprint density at radius 3 is 2.29 bits per heavy atom. The van der Waals surface area contributed by atoms with Gasteiger partial charge in [-0.25, -0.2) is 4.79 Å². The smallest absolute Gasteiger partial charge is 0.410 e. The van der Waals surface area contributed by atoms with Crippen molar-refractivity contribution >= 4 is 17.9 Å². The third kappa shape index (κ3) is 7.23. The van der Waals surface area contributed by atoms with E-state index in [4.69, 9.17) is 4.74 Å². The second-order valence-corrected chi connectivity index (χ2v) is 9.26. The van der Waals surface area contributed by atoms with E-state index < -0.39 is 17.7 Å². The van der Waals surface area contributed by atoms with Crippen LogP contribution in [0.5, 0.6) is 0 Å². The summed E-state index contributed by atoms with van der Waals surface area (Å²) >= 11 is 0. The number of hydrogen-bond donors (Lipinski definition) is 1. The molecule has 3 amide bonds. The third-order valence-corrected chi connectivity index (χ3v) is 4.84. The molecule has 1 aromatic rings. The molecule has 0 aromatic carbocycles. The standard InChI is InChI=1S/C21H36N6O4/c1-15(2)23-17(28)14-26-8-10-27(11-9-26)19(29)18(16-12-22-24(6)13-16)25(7)20(30)31-21(3,4)5/h12-13,15,18H,8-11,14H2,1-7H3,(H,23,28)/t18-/m0/s1. The number of likely N-dealkylation sites (N-methyl/N-ethyl adjacent to an activating group) is 1. The summed E-state index contributed by atoms with van der Waals surface area (Å²) in [6.07, 6.45) is 2.75. The van der Waals surface area contributed by atoms with Crippen LogP contribution in [0.1, 0.15) is 46.2 Å². The van der Waals surface area contributed by atoms with Gasteiger partial charge < -0.3 is 15.0 Å². The van der Waals surface area contributed by atoms with Crippen LogP contribution in [0, 0.1) is 0 Å². The number of rotatable bonds is 6. The lowest BCUT2D eigenvalue weighted by Gasteiger charge is -2.38. The highest BCUT2D eigenvalue weighted by atomic mass is 16.6. The van der Waals surface area contributed by atoms with Crippen LogP contribution in [0.15, 0.2) is 12.4 Å². The normalized spacial score (nSPS) is 16.2. The fraction of sp³-hybridized carbons (Fsp3) is 0.714. The van der Waals surface area contributed by atoms with Crippen LogP contribution in [0.3, 0.4) is 0 Å². The summed E-state index contributed by atoms with van der Waals surface area (Å²) in [5.41, 5.74) is -0.0459. The van der Waals surface area contributed by atoms with E-state index in [1.54, 1.807) is 56.8 Å². The van der Waals surface area contributed by atoms with Crippen molar-refractivity contribution < 1.29 is 19.1 Å². The number of aromatic nitrogens is 2. The maximum Gasteiger partial charge on any atom is 0.410 e. The maximum atomic E-state index is 13.4. The minimum absolute atomic E-state index is 0.0207. The second-order valence-electron chi connectivity index (χ2n) is 9.26. The molecule has 1 fully saturated rings. The summed E-state index contributed by atoms with van der Waals surface area (Å²) in [6.45, 7) is 11.7. The van der Waals surface area contributed by atoms with E-state index >= 15 is 0 Å². The summed E-state index contributed by atoms with van der Waals surface area (Å²) in [5, 5.41) is 7.05. The molecule has 0 spiro atoms. The lowest BCUT2D eigenvalue weighted by atomic mass is 10.1. The molecular weight excluding hydrogens is 400 g/mol. The largest absolute Gasteiger partial charge is 0.444 e. The molecule has 2 heterocycles. The monoisotopic (exact) mass is 436 g/mol. The summed E-state index contributed by atoms with van der Waals surface area (Å²) in [4.78, 5) is 43.2. The van der Waals surface area contributed by atoms with Gasteiger partial charge in [0.2, 0.25) is 11.8 Å². The summed E-state index contributed by atoms with van der Waals surface area (Å²) in [7, 11) is 3.33. The van der Waals surface area contributed by atoms with Gasteiger partial charge in [0.15, 0.2) is 0 Å². The number of aryl methyl sites for hydroxylation is 1. The Labute approximate surface area is 184 Å². The van der Waals surface area contributed by atoms with Crippen LogP contribution < -0.4 is 5.32 Å². The maximum absolute atomic E-state index is 13.4. The molecule has 0 unspecified atom stereocenters. The van der Waals surface area contributed by atoms with Gasteiger partial charge in [0.1, 0.15) is 11.6 Å². The van der Waals surface area contributed by atoms with Crippen LogP contribution in [-0.4, -0.2) is 93.8 Å². The molecule has 0 bridgehead atoms. The molecule has 10 nitrogen and oxygen atoms in total. The summed E-state index contributed by atoms with van der Waals surface area (Å²) in [6, 6.07) is -0.738. The van der Waals surface area contributed by atoms with E-state index in [2.05, 4.69) is 10.4 Å². The Balaban J connectivity index is 2.08. The first kappa shape index (κ1) is 24.6. The number of carbonyl (C=O) groups excluding carboxylic acids is 3. The van der Waals surface area contributed by atoms with Gasteiger partial charge in [0, 0.05) is 58.1 Å². The minimum atomic E-state index is -0.834. The molecule has 1 aromatic heterocycles. The molecule has 1 N–H and O–H groups in total. The molecular formula is C21H36N6O4. The van der Waals surface area contributed by atoms with Crippen LogP contribution in [0.4, 0.5) is 4.79 Å². The molecule has 1 saturated heterocycles. The average molecular weight is 437 g/mol. The van der Waals surface area contributed by atoms with E-state index in [-0.39, 0.29) is 17.9 Å². The number of ether oxygens (including phenoxy) is 1. The first-order valence-corrected chi connectivity index (χ1v) is 10.6. The van der Waals surface area contributed by atoms with Gasteiger partial charge in [-0.15, -0.1) is 0 Å². The number of nitrogens with one attached hydrogen (secondary N) is 1. The lowest BCUT2D eigenvalue weighted by molar-refractivity contribution is -0.138. The van der Waals surface area contributed by atoms with Gasteiger partial charge in [0.25, 0.3) is 0 Å². The highest BCUT2D eigenvalue weighted by Crippen LogP contribution is 2.24. The Morgan fingerprint density at radius 2 is 1.81 bits per heavy atom. The van der Waals surface area contributed by atoms with Gasteiger partial charge in [-0.05, 0) is 34.6 Å². The van der Waals surface area contributed by atoms with E-state index in [1.807, 2.05) is 18.7 Å². The first-order valence-electron chi connectivity index (χ1n) is 10.6. The molecule has 31 heavy (non-hydrogen) atoms. The predicted molar refractivity (Wildman–Crippen MR) is 116 cm³/mol. The van der Waals surface area contributed by atoms with E-state index in [0.29, 0.717) is 38.3 Å². The first-order chi connectivity index (χ1) is 14.4. The number of amides is 3. The lowest BCUT2D eigenvalue weighted by Crippen LogP contribution is -2.54. The second kappa shape index (κ2) is 10.1. The fourth-order valence-corrected chi connectivity index (χ4v) is 3.42. The molecule has 0 saturated carbocycles. The van der Waals surface area contributed by atoms with Crippen LogP contribution in [0.25, 0.3) is 0 Å². The van der Waals surface area contributed by atoms with Crippen LogP contribution in [0.2, 0.25) is 0 Å². The van der Waals surface area contributed by atoms with Gasteiger partial charge in [0.05, 0.1) is 12.7 Å². The fourth-order valence-electron chi connectivity index (χ4n) is 3.42. The Morgan fingerprint density at radius 1 is 1.19 bits per heavy atom. The van der Waals surface area contributed by atoms with E-state index in [1.165, 1.54) is 4.90 Å². The molecule has 0 aliphatic carbocycles. The van der Waals surface area contributed by atoms with E-state index in [0.717, 1.165) is 0 Å². The molecule has 174 valence electrons. The molecule has 1 aliphatic rings. The Bertz CT molecular complexity index is 777. The van der Waals surface area contributed by atoms with Crippen molar-refractivity contribution in [3.8, 4) is 0 Å². The highest BCUT2D eigenvalue weighted by Gasteiger charge is 2.36. The average Bonchev–Trinajstić information content (AvgIpc) is 3.06. The summed E-state index contributed by atoms with van der Waals surface area (Å²) < 4.78 is 7.08. The number of carbonyl (C=O) groups is 3. The SMILES string of the molecule is CC(C)NC(=O)CN1CCN(C(=O)[C@H](c2cnn(C)c2)N(C)C(=O)OC(C)(C)C)CC1. The molecule has 10 heteroatoms. The van der Waals surface area contributed by atoms with E-state index in [9.17, 15) is 14.4 Å². The predicted octanol–water partition coefficient (Wildman–Crippen LogP) is 0.997. The zero-order valence-electron chi connectivity index (χ0n) is 19.7. The topological polar surface area (TPSA) is 100 Å². The van der Waals surface area contributed by atoms with Gasteiger partial charge in [-0.2, -0.15) is 5.10 Å². The molecule has 2 rings (SSSR count). The van der Waals surface area contributed by atoms with Crippen molar-refractivity contribution in [3.05, 3.63) is 18.0 Å². The molecule has 1 atom stereocenters. The van der Waals surface area contributed by atoms with Crippen molar-refractivity contribution in [2.45, 2.75) is 52.3 Å². The zero-order valence-corrected chi connectivity index (χ0v) is 19.7. The van der Waals surface area contributed by atoms with Crippen molar-refractivity contribution in [2.24, 2.45) is 7.05 Å². The van der Waals surface area contributed by atoms with Gasteiger partial charge >= 0.3 is 6.09 Å². The Kier molecular flexibility index (Phi) is 8.05. The minimum Gasteiger partial charge on any atom is -0.444 e. The van der Waals surface area contributed by atoms with Crippen molar-refractivity contribution in [2.75, 3.05) is 39.8 Å². The van der Waals surface area contributed by atoms with Crippen molar-refractivity contribution in [3.63, 3.8) is 0 Å². The number of nitrogens with zero attached hydrogens (tertiary/aromatic N) is 5. The highest BCUT2D eigenvalue weighted by molar-refractivity contribution is 5.87. The summed E-state index contributed by atoms with van der Waals surface area (Å²) in [5.74, 6) is -0.208. The van der Waals surface area contributed by atoms with Gasteiger partial charge in [-0.3, -0.25) is 24.1 Å². The number of hydrogen-bond acceptors (Lipinski definition) is 6. The quantitative estimate of drug-likeness (QED) is 0.714. The van der Waals surface area contributed by atoms with Crippen molar-refractivity contribution in [1.29, 1.82) is 0 Å². The molecule has 1 aliphatic heterocycles. The number of piperazine rings is 1. The zero-order chi connectivity index (χ0) is 23.3. The Hall–Kier alpha value is -2.62. The van der Waals surface area contributed by atoms with Crippen molar-refractivity contribution in [1.82, 2.24) is 29.8 Å². The van der Waals surface area contributed by atoms with Crippen LogP contribution >= 0.6 is 0 Å². The third-order valence-electron chi connectivity index (χ3n) is 4.84. The van der Waals surface area contributed by atoms with Crippen LogP contribution in [-0.2, 0) is 21.4 Å².